The maximum Gasteiger partial charge on any atom is 0.263 e. The van der Waals surface area contributed by atoms with E-state index in [0.29, 0.717) is 35.2 Å². The molecule has 33 heavy (non-hydrogen) atoms. The first-order valence-corrected chi connectivity index (χ1v) is 12.1. The van der Waals surface area contributed by atoms with Gasteiger partial charge < -0.3 is 10.3 Å². The van der Waals surface area contributed by atoms with E-state index in [1.54, 1.807) is 31.2 Å². The van der Waals surface area contributed by atoms with E-state index >= 15 is 0 Å². The molecule has 3 rings (SSSR count). The van der Waals surface area contributed by atoms with Crippen LogP contribution in [0.4, 0.5) is 8.78 Å². The minimum Gasteiger partial charge on any atom is -0.364 e. The Labute approximate surface area is 190 Å². The number of rotatable bonds is 8. The zero-order chi connectivity index (χ0) is 24.2. The van der Waals surface area contributed by atoms with E-state index in [2.05, 4.69) is 10.3 Å². The van der Waals surface area contributed by atoms with Crippen LogP contribution < -0.4 is 10.7 Å². The fourth-order valence-corrected chi connectivity index (χ4v) is 4.05. The van der Waals surface area contributed by atoms with Crippen molar-refractivity contribution in [1.82, 2.24) is 10.3 Å². The minimum atomic E-state index is -3.31. The van der Waals surface area contributed by atoms with Gasteiger partial charge >= 0.3 is 0 Å². The second-order valence-electron chi connectivity index (χ2n) is 7.78. The molecule has 0 unspecified atom stereocenters. The highest BCUT2D eigenvalue weighted by molar-refractivity contribution is 7.90. The van der Waals surface area contributed by atoms with Gasteiger partial charge in [-0.15, -0.1) is 0 Å². The molecule has 0 aliphatic heterocycles. The fourth-order valence-electron chi connectivity index (χ4n) is 3.42. The lowest BCUT2D eigenvalue weighted by Gasteiger charge is -2.10. The predicted octanol–water partition coefficient (Wildman–Crippen LogP) is 3.74. The summed E-state index contributed by atoms with van der Waals surface area (Å²) in [5.41, 5.74) is 1.85. The molecule has 0 spiro atoms. The van der Waals surface area contributed by atoms with Crippen molar-refractivity contribution in [2.75, 3.05) is 6.26 Å². The second kappa shape index (κ2) is 10.1. The monoisotopic (exact) mass is 474 g/mol. The van der Waals surface area contributed by atoms with Gasteiger partial charge in [-0.3, -0.25) is 9.59 Å². The Morgan fingerprint density at radius 2 is 1.76 bits per heavy atom. The molecule has 0 aliphatic carbocycles. The molecule has 174 valence electrons. The van der Waals surface area contributed by atoms with E-state index in [9.17, 15) is 26.8 Å². The van der Waals surface area contributed by atoms with Crippen molar-refractivity contribution in [2.24, 2.45) is 0 Å². The number of carbonyl (C=O) groups excluding carboxylic acids is 1. The number of aromatic nitrogens is 1. The number of carbonyl (C=O) groups is 1. The van der Waals surface area contributed by atoms with E-state index in [1.807, 2.05) is 0 Å². The van der Waals surface area contributed by atoms with Crippen LogP contribution in [0.1, 0.15) is 44.7 Å². The number of sulfone groups is 1. The molecule has 0 fully saturated rings. The minimum absolute atomic E-state index is 0.0512. The molecule has 0 atom stereocenters. The van der Waals surface area contributed by atoms with Crippen LogP contribution in [-0.4, -0.2) is 25.6 Å². The first kappa shape index (κ1) is 24.3. The van der Waals surface area contributed by atoms with E-state index in [4.69, 9.17) is 0 Å². The first-order valence-electron chi connectivity index (χ1n) is 10.2. The molecule has 0 saturated carbocycles. The summed E-state index contributed by atoms with van der Waals surface area (Å²) in [6.45, 7) is 1.84. The van der Waals surface area contributed by atoms with Crippen molar-refractivity contribution < 1.29 is 22.0 Å². The standard InChI is InChI=1S/C24H24F2N2O4S/c1-15-20(11-8-16-4-3-5-18(12-16)23(25)26)22(29)21(14-27-15)24(30)28-13-17-6-9-19(10-7-17)33(2,31)32/h3-7,9-10,12,14,23H,8,11,13H2,1-2H3,(H,27,29)(H,28,30). The molecule has 2 aromatic carbocycles. The number of aromatic amines is 1. The molecular weight excluding hydrogens is 450 g/mol. The molecule has 2 N–H and O–H groups in total. The van der Waals surface area contributed by atoms with Crippen LogP contribution in [0.25, 0.3) is 0 Å². The SMILES string of the molecule is Cc1[nH]cc(C(=O)NCc2ccc(S(C)(=O)=O)cc2)c(=O)c1CCc1cccc(C(F)F)c1. The highest BCUT2D eigenvalue weighted by Crippen LogP contribution is 2.20. The number of amides is 1. The van der Waals surface area contributed by atoms with Crippen molar-refractivity contribution >= 4 is 15.7 Å². The second-order valence-corrected chi connectivity index (χ2v) is 9.80. The maximum atomic E-state index is 12.9. The summed E-state index contributed by atoms with van der Waals surface area (Å²) in [6, 6.07) is 12.1. The zero-order valence-corrected chi connectivity index (χ0v) is 19.0. The van der Waals surface area contributed by atoms with Gasteiger partial charge in [-0.2, -0.15) is 0 Å². The molecule has 9 heteroatoms. The Morgan fingerprint density at radius 1 is 1.06 bits per heavy atom. The summed E-state index contributed by atoms with van der Waals surface area (Å²) in [5.74, 6) is -0.565. The molecule has 1 aromatic heterocycles. The van der Waals surface area contributed by atoms with Crippen molar-refractivity contribution in [1.29, 1.82) is 0 Å². The van der Waals surface area contributed by atoms with Crippen LogP contribution in [0.2, 0.25) is 0 Å². The summed E-state index contributed by atoms with van der Waals surface area (Å²) in [4.78, 5) is 28.6. The van der Waals surface area contributed by atoms with Crippen LogP contribution in [0.3, 0.4) is 0 Å². The summed E-state index contributed by atoms with van der Waals surface area (Å²) in [7, 11) is -3.31. The van der Waals surface area contributed by atoms with Crippen molar-refractivity contribution in [3.8, 4) is 0 Å². The average Bonchev–Trinajstić information content (AvgIpc) is 2.77. The molecule has 0 saturated heterocycles. The van der Waals surface area contributed by atoms with Gasteiger partial charge in [0.15, 0.2) is 15.3 Å². The number of alkyl halides is 2. The number of nitrogens with one attached hydrogen (secondary N) is 2. The lowest BCUT2D eigenvalue weighted by Crippen LogP contribution is -2.30. The zero-order valence-electron chi connectivity index (χ0n) is 18.2. The summed E-state index contributed by atoms with van der Waals surface area (Å²) in [6.07, 6.45) is 0.565. The molecule has 1 heterocycles. The van der Waals surface area contributed by atoms with Crippen molar-refractivity contribution in [2.45, 2.75) is 37.6 Å². The molecular formula is C24H24F2N2O4S. The summed E-state index contributed by atoms with van der Waals surface area (Å²) < 4.78 is 48.9. The quantitative estimate of drug-likeness (QED) is 0.520. The third-order valence-corrected chi connectivity index (χ3v) is 6.45. The fraction of sp³-hybridized carbons (Fsp3) is 0.250. The highest BCUT2D eigenvalue weighted by Gasteiger charge is 2.16. The number of halogens is 2. The number of hydrogen-bond donors (Lipinski definition) is 2. The first-order chi connectivity index (χ1) is 15.6. The van der Waals surface area contributed by atoms with Gasteiger partial charge in [0.1, 0.15) is 5.56 Å². The summed E-state index contributed by atoms with van der Waals surface area (Å²) >= 11 is 0. The maximum absolute atomic E-state index is 12.9. The summed E-state index contributed by atoms with van der Waals surface area (Å²) in [5, 5.41) is 2.66. The Morgan fingerprint density at radius 3 is 2.39 bits per heavy atom. The van der Waals surface area contributed by atoms with E-state index in [-0.39, 0.29) is 22.6 Å². The van der Waals surface area contributed by atoms with Gasteiger partial charge in [0.25, 0.3) is 12.3 Å². The number of pyridine rings is 1. The Hall–Kier alpha value is -3.33. The number of hydrogen-bond acceptors (Lipinski definition) is 4. The van der Waals surface area contributed by atoms with Crippen LogP contribution in [0.5, 0.6) is 0 Å². The van der Waals surface area contributed by atoms with E-state index in [0.717, 1.165) is 6.26 Å². The van der Waals surface area contributed by atoms with Gasteiger partial charge in [0.2, 0.25) is 0 Å². The average molecular weight is 475 g/mol. The van der Waals surface area contributed by atoms with Gasteiger partial charge in [-0.1, -0.05) is 36.4 Å². The molecule has 3 aromatic rings. The van der Waals surface area contributed by atoms with Gasteiger partial charge in [0, 0.05) is 35.8 Å². The number of H-pyrrole nitrogens is 1. The predicted molar refractivity (Wildman–Crippen MR) is 121 cm³/mol. The van der Waals surface area contributed by atoms with Gasteiger partial charge in [-0.05, 0) is 43.0 Å². The number of benzene rings is 2. The van der Waals surface area contributed by atoms with Crippen LogP contribution in [0.15, 0.2) is 64.4 Å². The molecule has 0 radical (unpaired) electrons. The third-order valence-electron chi connectivity index (χ3n) is 5.32. The Bertz CT molecular complexity index is 1320. The van der Waals surface area contributed by atoms with E-state index in [1.165, 1.54) is 30.5 Å². The lowest BCUT2D eigenvalue weighted by molar-refractivity contribution is 0.0949. The molecule has 0 bridgehead atoms. The number of aryl methyl sites for hydroxylation is 2. The molecule has 1 amide bonds. The Kier molecular flexibility index (Phi) is 7.43. The smallest absolute Gasteiger partial charge is 0.263 e. The molecule has 6 nitrogen and oxygen atoms in total. The van der Waals surface area contributed by atoms with Crippen LogP contribution in [-0.2, 0) is 29.2 Å². The highest BCUT2D eigenvalue weighted by atomic mass is 32.2. The van der Waals surface area contributed by atoms with Crippen molar-refractivity contribution in [3.05, 3.63) is 98.5 Å². The normalized spacial score (nSPS) is 11.5. The van der Waals surface area contributed by atoms with E-state index < -0.39 is 27.6 Å². The van der Waals surface area contributed by atoms with Crippen molar-refractivity contribution in [3.63, 3.8) is 0 Å². The van der Waals surface area contributed by atoms with Gasteiger partial charge in [0.05, 0.1) is 4.90 Å². The molecule has 0 aliphatic rings. The van der Waals surface area contributed by atoms with Crippen LogP contribution >= 0.6 is 0 Å². The topological polar surface area (TPSA) is 96.1 Å². The lowest BCUT2D eigenvalue weighted by atomic mass is 10.00. The van der Waals surface area contributed by atoms with Gasteiger partial charge in [-0.25, -0.2) is 17.2 Å². The Balaban J connectivity index is 1.71. The van der Waals surface area contributed by atoms with Crippen LogP contribution in [0, 0.1) is 6.92 Å². The largest absolute Gasteiger partial charge is 0.364 e. The third kappa shape index (κ3) is 6.13.